The van der Waals surface area contributed by atoms with Gasteiger partial charge in [0.1, 0.15) is 5.75 Å². The molecule has 0 saturated heterocycles. The average molecular weight is 251 g/mol. The fourth-order valence-corrected chi connectivity index (χ4v) is 1.87. The number of aromatic hydroxyl groups is 1. The summed E-state index contributed by atoms with van der Waals surface area (Å²) in [5.74, 6) is -0.286. The molecular formula is C14H21NO3. The van der Waals surface area contributed by atoms with Gasteiger partial charge in [-0.05, 0) is 44.5 Å². The molecule has 2 N–H and O–H groups in total. The molecule has 0 radical (unpaired) electrons. The monoisotopic (exact) mass is 251 g/mol. The number of hydrogen-bond donors (Lipinski definition) is 2. The van der Waals surface area contributed by atoms with E-state index in [9.17, 15) is 15.0 Å². The van der Waals surface area contributed by atoms with Crippen LogP contribution in [-0.4, -0.2) is 28.8 Å². The van der Waals surface area contributed by atoms with Crippen molar-refractivity contribution in [2.45, 2.75) is 33.2 Å². The van der Waals surface area contributed by atoms with Crippen LogP contribution in [-0.2, 0) is 4.79 Å². The number of carbonyl (C=O) groups is 1. The molecule has 0 aliphatic rings. The lowest BCUT2D eigenvalue weighted by Gasteiger charge is -2.30. The van der Waals surface area contributed by atoms with Gasteiger partial charge >= 0.3 is 0 Å². The van der Waals surface area contributed by atoms with Gasteiger partial charge in [0.05, 0.1) is 12.5 Å². The van der Waals surface area contributed by atoms with Crippen molar-refractivity contribution in [2.75, 3.05) is 11.5 Å². The Morgan fingerprint density at radius 1 is 1.28 bits per heavy atom. The van der Waals surface area contributed by atoms with Gasteiger partial charge in [-0.25, -0.2) is 0 Å². The summed E-state index contributed by atoms with van der Waals surface area (Å²) < 4.78 is 0. The lowest BCUT2D eigenvalue weighted by Crippen LogP contribution is -2.42. The zero-order chi connectivity index (χ0) is 13.7. The first-order valence-corrected chi connectivity index (χ1v) is 6.24. The van der Waals surface area contributed by atoms with Gasteiger partial charge in [0.25, 0.3) is 0 Å². The molecule has 1 amide bonds. The topological polar surface area (TPSA) is 60.8 Å². The molecule has 0 heterocycles. The minimum Gasteiger partial charge on any atom is -0.508 e. The second kappa shape index (κ2) is 6.40. The van der Waals surface area contributed by atoms with Crippen LogP contribution in [0, 0.1) is 5.92 Å². The van der Waals surface area contributed by atoms with Gasteiger partial charge in [0.2, 0.25) is 5.91 Å². The number of carbonyl (C=O) groups excluding carboxylic acids is 1. The SMILES string of the molecule is CCC(CO)C(=O)N(c1ccc(O)cc1)C(C)C. The number of aliphatic hydroxyl groups is 1. The van der Waals surface area contributed by atoms with E-state index in [1.807, 2.05) is 20.8 Å². The molecule has 0 fully saturated rings. The molecule has 1 aromatic rings. The van der Waals surface area contributed by atoms with Crippen LogP contribution in [0.15, 0.2) is 24.3 Å². The summed E-state index contributed by atoms with van der Waals surface area (Å²) in [4.78, 5) is 14.0. The fraction of sp³-hybridized carbons (Fsp3) is 0.500. The van der Waals surface area contributed by atoms with Gasteiger partial charge in [0.15, 0.2) is 0 Å². The van der Waals surface area contributed by atoms with Crippen LogP contribution in [0.5, 0.6) is 5.75 Å². The van der Waals surface area contributed by atoms with Crippen LogP contribution in [0.1, 0.15) is 27.2 Å². The molecule has 0 aromatic heterocycles. The highest BCUT2D eigenvalue weighted by Gasteiger charge is 2.25. The predicted octanol–water partition coefficient (Wildman–Crippen LogP) is 2.15. The maximum absolute atomic E-state index is 12.3. The van der Waals surface area contributed by atoms with E-state index in [4.69, 9.17) is 0 Å². The van der Waals surface area contributed by atoms with E-state index in [1.54, 1.807) is 29.2 Å². The number of amides is 1. The molecule has 1 unspecified atom stereocenters. The highest BCUT2D eigenvalue weighted by molar-refractivity contribution is 5.95. The maximum atomic E-state index is 12.3. The molecular weight excluding hydrogens is 230 g/mol. The maximum Gasteiger partial charge on any atom is 0.232 e. The zero-order valence-corrected chi connectivity index (χ0v) is 11.1. The van der Waals surface area contributed by atoms with E-state index in [2.05, 4.69) is 0 Å². The number of benzene rings is 1. The average Bonchev–Trinajstić information content (AvgIpc) is 2.33. The van der Waals surface area contributed by atoms with Crippen molar-refractivity contribution < 1.29 is 15.0 Å². The first kappa shape index (κ1) is 14.5. The minimum atomic E-state index is -0.374. The first-order valence-electron chi connectivity index (χ1n) is 6.24. The van der Waals surface area contributed by atoms with E-state index in [0.717, 1.165) is 5.69 Å². The van der Waals surface area contributed by atoms with Crippen molar-refractivity contribution >= 4 is 11.6 Å². The highest BCUT2D eigenvalue weighted by Crippen LogP contribution is 2.23. The Morgan fingerprint density at radius 2 is 1.83 bits per heavy atom. The molecule has 4 heteroatoms. The molecule has 1 atom stereocenters. The van der Waals surface area contributed by atoms with Crippen LogP contribution in [0.2, 0.25) is 0 Å². The summed E-state index contributed by atoms with van der Waals surface area (Å²) in [6, 6.07) is 6.52. The molecule has 4 nitrogen and oxygen atoms in total. The number of anilines is 1. The van der Waals surface area contributed by atoms with Gasteiger partial charge in [-0.15, -0.1) is 0 Å². The second-order valence-corrected chi connectivity index (χ2v) is 4.61. The molecule has 0 saturated carbocycles. The van der Waals surface area contributed by atoms with E-state index in [1.165, 1.54) is 0 Å². The van der Waals surface area contributed by atoms with Crippen molar-refractivity contribution in [3.8, 4) is 5.75 Å². The van der Waals surface area contributed by atoms with Crippen LogP contribution in [0.3, 0.4) is 0 Å². The predicted molar refractivity (Wildman–Crippen MR) is 71.6 cm³/mol. The van der Waals surface area contributed by atoms with Gasteiger partial charge in [-0.1, -0.05) is 6.92 Å². The van der Waals surface area contributed by atoms with Crippen molar-refractivity contribution in [1.82, 2.24) is 0 Å². The number of phenols is 1. The Morgan fingerprint density at radius 3 is 2.22 bits per heavy atom. The summed E-state index contributed by atoms with van der Waals surface area (Å²) in [7, 11) is 0. The van der Waals surface area contributed by atoms with Crippen LogP contribution in [0.4, 0.5) is 5.69 Å². The summed E-state index contributed by atoms with van der Waals surface area (Å²) >= 11 is 0. The van der Waals surface area contributed by atoms with E-state index >= 15 is 0 Å². The summed E-state index contributed by atoms with van der Waals surface area (Å²) in [5.41, 5.74) is 0.736. The van der Waals surface area contributed by atoms with Crippen molar-refractivity contribution in [1.29, 1.82) is 0 Å². The third-order valence-corrected chi connectivity index (χ3v) is 2.94. The number of rotatable bonds is 5. The summed E-state index contributed by atoms with van der Waals surface area (Å²) in [5, 5.41) is 18.5. The Kier molecular flexibility index (Phi) is 5.16. The van der Waals surface area contributed by atoms with Gasteiger partial charge < -0.3 is 15.1 Å². The largest absolute Gasteiger partial charge is 0.508 e. The number of aliphatic hydroxyl groups excluding tert-OH is 1. The molecule has 1 aromatic carbocycles. The summed E-state index contributed by atoms with van der Waals surface area (Å²) in [6.07, 6.45) is 0.608. The Labute approximate surface area is 108 Å². The zero-order valence-electron chi connectivity index (χ0n) is 11.1. The smallest absolute Gasteiger partial charge is 0.232 e. The second-order valence-electron chi connectivity index (χ2n) is 4.61. The molecule has 0 aliphatic carbocycles. The lowest BCUT2D eigenvalue weighted by molar-refractivity contribution is -0.124. The van der Waals surface area contributed by atoms with Crippen LogP contribution < -0.4 is 4.90 Å². The molecule has 18 heavy (non-hydrogen) atoms. The van der Waals surface area contributed by atoms with Gasteiger partial charge in [-0.3, -0.25) is 4.79 Å². The lowest BCUT2D eigenvalue weighted by atomic mass is 10.0. The fourth-order valence-electron chi connectivity index (χ4n) is 1.87. The minimum absolute atomic E-state index is 0.00245. The Hall–Kier alpha value is -1.55. The molecule has 0 aliphatic heterocycles. The van der Waals surface area contributed by atoms with Crippen molar-refractivity contribution in [2.24, 2.45) is 5.92 Å². The first-order chi connectivity index (χ1) is 8.51. The van der Waals surface area contributed by atoms with Crippen LogP contribution in [0.25, 0.3) is 0 Å². The van der Waals surface area contributed by atoms with E-state index < -0.39 is 0 Å². The molecule has 1 rings (SSSR count). The number of nitrogens with zero attached hydrogens (tertiary/aromatic N) is 1. The van der Waals surface area contributed by atoms with Crippen molar-refractivity contribution in [3.05, 3.63) is 24.3 Å². The van der Waals surface area contributed by atoms with Crippen LogP contribution >= 0.6 is 0 Å². The Balaban J connectivity index is 3.02. The number of phenolic OH excluding ortho intramolecular Hbond substituents is 1. The quantitative estimate of drug-likeness (QED) is 0.843. The van der Waals surface area contributed by atoms with E-state index in [0.29, 0.717) is 6.42 Å². The molecule has 0 bridgehead atoms. The van der Waals surface area contributed by atoms with Gasteiger partial charge in [-0.2, -0.15) is 0 Å². The Bertz CT molecular complexity index is 383. The highest BCUT2D eigenvalue weighted by atomic mass is 16.3. The summed E-state index contributed by atoms with van der Waals surface area (Å²) in [6.45, 7) is 5.59. The standard InChI is InChI=1S/C14H21NO3/c1-4-11(9-16)14(18)15(10(2)3)12-5-7-13(17)8-6-12/h5-8,10-11,16-17H,4,9H2,1-3H3. The molecule has 100 valence electrons. The van der Waals surface area contributed by atoms with Gasteiger partial charge in [0, 0.05) is 11.7 Å². The third-order valence-electron chi connectivity index (χ3n) is 2.94. The normalized spacial score (nSPS) is 12.5. The number of hydrogen-bond acceptors (Lipinski definition) is 3. The molecule has 0 spiro atoms. The van der Waals surface area contributed by atoms with E-state index in [-0.39, 0.29) is 30.2 Å². The third kappa shape index (κ3) is 3.23. The van der Waals surface area contributed by atoms with Crippen molar-refractivity contribution in [3.63, 3.8) is 0 Å².